The summed E-state index contributed by atoms with van der Waals surface area (Å²) >= 11 is 9.94. The highest BCUT2D eigenvalue weighted by atomic mass is 79.9. The highest BCUT2D eigenvalue weighted by Gasteiger charge is 2.19. The molecule has 2 aromatic carbocycles. The first-order valence-electron chi connectivity index (χ1n) is 6.49. The van der Waals surface area contributed by atoms with Crippen molar-refractivity contribution in [2.24, 2.45) is 0 Å². The van der Waals surface area contributed by atoms with Gasteiger partial charge >= 0.3 is 0 Å². The minimum absolute atomic E-state index is 0.0664. The van der Waals surface area contributed by atoms with Gasteiger partial charge in [-0.25, -0.2) is 0 Å². The lowest BCUT2D eigenvalue weighted by molar-refractivity contribution is 0.410. The third-order valence-corrected chi connectivity index (χ3v) is 4.64. The second kappa shape index (κ2) is 6.19. The van der Waals surface area contributed by atoms with Crippen LogP contribution in [-0.4, -0.2) is 7.11 Å². The van der Waals surface area contributed by atoms with Crippen molar-refractivity contribution in [2.75, 3.05) is 7.11 Å². The Labute approximate surface area is 134 Å². The molecule has 0 saturated carbocycles. The number of ether oxygens (including phenoxy) is 1. The van der Waals surface area contributed by atoms with E-state index in [0.29, 0.717) is 5.02 Å². The second-order valence-electron chi connectivity index (χ2n) is 5.06. The van der Waals surface area contributed by atoms with Crippen LogP contribution in [-0.2, 0) is 0 Å². The molecule has 0 saturated heterocycles. The maximum atomic E-state index is 6.13. The average Bonchev–Trinajstić information content (AvgIpc) is 2.37. The third kappa shape index (κ3) is 3.02. The zero-order valence-corrected chi connectivity index (χ0v) is 14.5. The van der Waals surface area contributed by atoms with Gasteiger partial charge < -0.3 is 4.74 Å². The van der Waals surface area contributed by atoms with Crippen molar-refractivity contribution in [1.29, 1.82) is 0 Å². The smallest absolute Gasteiger partial charge is 0.123 e. The Bertz CT molecular complexity index is 614. The minimum Gasteiger partial charge on any atom is -0.496 e. The number of halogens is 2. The summed E-state index contributed by atoms with van der Waals surface area (Å²) in [7, 11) is 1.68. The number of hydrogen-bond donors (Lipinski definition) is 0. The van der Waals surface area contributed by atoms with Gasteiger partial charge in [-0.05, 0) is 55.7 Å². The van der Waals surface area contributed by atoms with Crippen LogP contribution in [0, 0.1) is 20.8 Å². The van der Waals surface area contributed by atoms with E-state index in [1.807, 2.05) is 18.2 Å². The van der Waals surface area contributed by atoms with Crippen molar-refractivity contribution < 1.29 is 4.74 Å². The quantitative estimate of drug-likeness (QED) is 0.638. The lowest BCUT2D eigenvalue weighted by Gasteiger charge is -2.20. The van der Waals surface area contributed by atoms with E-state index < -0.39 is 0 Å². The summed E-state index contributed by atoms with van der Waals surface area (Å²) in [6.07, 6.45) is 0. The van der Waals surface area contributed by atoms with E-state index in [1.165, 1.54) is 22.3 Å². The molecule has 0 spiro atoms. The maximum absolute atomic E-state index is 6.13. The molecule has 1 unspecified atom stereocenters. The molecule has 2 rings (SSSR count). The molecule has 106 valence electrons. The van der Waals surface area contributed by atoms with E-state index in [9.17, 15) is 0 Å². The lowest BCUT2D eigenvalue weighted by atomic mass is 9.94. The molecule has 0 bridgehead atoms. The first-order valence-corrected chi connectivity index (χ1v) is 7.78. The van der Waals surface area contributed by atoms with Crippen LogP contribution in [0.25, 0.3) is 0 Å². The van der Waals surface area contributed by atoms with Gasteiger partial charge in [0.15, 0.2) is 0 Å². The van der Waals surface area contributed by atoms with E-state index in [2.05, 4.69) is 48.8 Å². The van der Waals surface area contributed by atoms with Crippen molar-refractivity contribution in [1.82, 2.24) is 0 Å². The standard InChI is InChI=1S/C17H18BrClO/c1-10-7-11(2)16(12(3)8-10)17(18)14-9-13(19)5-6-15(14)20-4/h5-9,17H,1-4H3. The van der Waals surface area contributed by atoms with Crippen LogP contribution < -0.4 is 4.74 Å². The summed E-state index contributed by atoms with van der Waals surface area (Å²) in [6, 6.07) is 10.1. The van der Waals surface area contributed by atoms with Gasteiger partial charge in [-0.15, -0.1) is 0 Å². The number of alkyl halides is 1. The third-order valence-electron chi connectivity index (χ3n) is 3.46. The van der Waals surface area contributed by atoms with Gasteiger partial charge in [0.25, 0.3) is 0 Å². The maximum Gasteiger partial charge on any atom is 0.123 e. The fraction of sp³-hybridized carbons (Fsp3) is 0.294. The highest BCUT2D eigenvalue weighted by molar-refractivity contribution is 9.09. The molecule has 2 aromatic rings. The zero-order chi connectivity index (χ0) is 14.9. The molecule has 0 aliphatic rings. The highest BCUT2D eigenvalue weighted by Crippen LogP contribution is 2.40. The van der Waals surface area contributed by atoms with Gasteiger partial charge in [-0.1, -0.05) is 45.2 Å². The number of methoxy groups -OCH3 is 1. The minimum atomic E-state index is 0.0664. The predicted molar refractivity (Wildman–Crippen MR) is 89.4 cm³/mol. The van der Waals surface area contributed by atoms with Crippen molar-refractivity contribution in [3.8, 4) is 5.75 Å². The van der Waals surface area contributed by atoms with Crippen LogP contribution >= 0.6 is 27.5 Å². The summed E-state index contributed by atoms with van der Waals surface area (Å²) in [5, 5.41) is 0.715. The molecule has 0 aliphatic carbocycles. The first-order chi connectivity index (χ1) is 9.43. The SMILES string of the molecule is COc1ccc(Cl)cc1C(Br)c1c(C)cc(C)cc1C. The normalized spacial score (nSPS) is 12.3. The van der Waals surface area contributed by atoms with Crippen LogP contribution in [0.5, 0.6) is 5.75 Å². The summed E-state index contributed by atoms with van der Waals surface area (Å²) in [6.45, 7) is 6.40. The molecule has 1 atom stereocenters. The lowest BCUT2D eigenvalue weighted by Crippen LogP contribution is -2.02. The Morgan fingerprint density at radius 1 is 1.05 bits per heavy atom. The van der Waals surface area contributed by atoms with Crippen LogP contribution in [0.15, 0.2) is 30.3 Å². The van der Waals surface area contributed by atoms with Crippen molar-refractivity contribution in [3.05, 3.63) is 63.2 Å². The monoisotopic (exact) mass is 352 g/mol. The largest absolute Gasteiger partial charge is 0.496 e. The van der Waals surface area contributed by atoms with Crippen LogP contribution in [0.3, 0.4) is 0 Å². The van der Waals surface area contributed by atoms with Crippen molar-refractivity contribution in [2.45, 2.75) is 25.6 Å². The van der Waals surface area contributed by atoms with E-state index in [-0.39, 0.29) is 4.83 Å². The topological polar surface area (TPSA) is 9.23 Å². The number of benzene rings is 2. The van der Waals surface area contributed by atoms with E-state index in [4.69, 9.17) is 16.3 Å². The molecule has 1 nitrogen and oxygen atoms in total. The predicted octanol–water partition coefficient (Wildman–Crippen LogP) is 5.76. The van der Waals surface area contributed by atoms with E-state index in [0.717, 1.165) is 11.3 Å². The van der Waals surface area contributed by atoms with E-state index >= 15 is 0 Å². The molecule has 0 radical (unpaired) electrons. The summed E-state index contributed by atoms with van der Waals surface area (Å²) in [4.78, 5) is 0.0664. The van der Waals surface area contributed by atoms with Gasteiger partial charge in [0.05, 0.1) is 11.9 Å². The number of aryl methyl sites for hydroxylation is 3. The first kappa shape index (κ1) is 15.4. The fourth-order valence-electron chi connectivity index (χ4n) is 2.65. The summed E-state index contributed by atoms with van der Waals surface area (Å²) in [5.74, 6) is 0.843. The molecule has 0 aromatic heterocycles. The molecule has 0 aliphatic heterocycles. The van der Waals surface area contributed by atoms with Crippen molar-refractivity contribution in [3.63, 3.8) is 0 Å². The molecule has 0 fully saturated rings. The Kier molecular flexibility index (Phi) is 4.77. The van der Waals surface area contributed by atoms with Crippen LogP contribution in [0.4, 0.5) is 0 Å². The van der Waals surface area contributed by atoms with Gasteiger partial charge in [0, 0.05) is 10.6 Å². The van der Waals surface area contributed by atoms with Crippen LogP contribution in [0.2, 0.25) is 5.02 Å². The van der Waals surface area contributed by atoms with Gasteiger partial charge in [-0.2, -0.15) is 0 Å². The second-order valence-corrected chi connectivity index (χ2v) is 6.41. The Balaban J connectivity index is 2.57. The molecular formula is C17H18BrClO. The van der Waals surface area contributed by atoms with Gasteiger partial charge in [0.2, 0.25) is 0 Å². The fourth-order valence-corrected chi connectivity index (χ4v) is 3.91. The summed E-state index contributed by atoms with van der Waals surface area (Å²) in [5.41, 5.74) is 6.14. The van der Waals surface area contributed by atoms with E-state index in [1.54, 1.807) is 7.11 Å². The number of hydrogen-bond acceptors (Lipinski definition) is 1. The molecular weight excluding hydrogens is 336 g/mol. The Morgan fingerprint density at radius 3 is 2.20 bits per heavy atom. The Hall–Kier alpha value is -0.990. The van der Waals surface area contributed by atoms with Gasteiger partial charge in [-0.3, -0.25) is 0 Å². The molecule has 3 heteroatoms. The molecule has 0 N–H and O–H groups in total. The van der Waals surface area contributed by atoms with Crippen LogP contribution in [0.1, 0.15) is 32.6 Å². The molecule has 0 amide bonds. The summed E-state index contributed by atoms with van der Waals surface area (Å²) < 4.78 is 5.46. The number of rotatable bonds is 3. The zero-order valence-electron chi connectivity index (χ0n) is 12.1. The average molecular weight is 354 g/mol. The molecule has 0 heterocycles. The molecule has 20 heavy (non-hydrogen) atoms. The van der Waals surface area contributed by atoms with Gasteiger partial charge in [0.1, 0.15) is 5.75 Å². The van der Waals surface area contributed by atoms with Crippen molar-refractivity contribution >= 4 is 27.5 Å². The Morgan fingerprint density at radius 2 is 1.65 bits per heavy atom.